The standard InChI is InChI=1S/C12H14ClN5O4/c1-4-6(21-2)10(22-7(4)11(19)20)18-3-15-5-8(13)16-12(14)17-9(5)18/h3-4,6-7,10H,1-2H3,(H,19,20)(H2,14,16,17)/t4-,6+,7-,10+/m0/s1/i2D3. The lowest BCUT2D eigenvalue weighted by atomic mass is 10.0. The van der Waals surface area contributed by atoms with E-state index in [0.717, 1.165) is 0 Å². The van der Waals surface area contributed by atoms with Crippen LogP contribution in [0.3, 0.4) is 0 Å². The highest BCUT2D eigenvalue weighted by atomic mass is 35.5. The molecule has 2 aromatic heterocycles. The molecule has 0 radical (unpaired) electrons. The molecule has 9 nitrogen and oxygen atoms in total. The zero-order valence-electron chi connectivity index (χ0n) is 14.3. The molecule has 0 saturated carbocycles. The minimum atomic E-state index is -2.74. The Kier molecular flexibility index (Phi) is 2.81. The first-order chi connectivity index (χ1) is 11.6. The number of halogens is 1. The van der Waals surface area contributed by atoms with Crippen molar-refractivity contribution in [3.05, 3.63) is 11.5 Å². The summed E-state index contributed by atoms with van der Waals surface area (Å²) < 4.78 is 33.9. The summed E-state index contributed by atoms with van der Waals surface area (Å²) in [4.78, 5) is 23.3. The summed E-state index contributed by atoms with van der Waals surface area (Å²) in [6.45, 7) is 1.53. The van der Waals surface area contributed by atoms with Gasteiger partial charge in [0.1, 0.15) is 11.6 Å². The van der Waals surface area contributed by atoms with Gasteiger partial charge in [0.05, 0.1) is 10.4 Å². The highest BCUT2D eigenvalue weighted by molar-refractivity contribution is 6.33. The van der Waals surface area contributed by atoms with E-state index in [4.69, 9.17) is 30.9 Å². The third-order valence-electron chi connectivity index (χ3n) is 3.61. The summed E-state index contributed by atoms with van der Waals surface area (Å²) in [6.07, 6.45) is -2.14. The van der Waals surface area contributed by atoms with Crippen LogP contribution in [0.15, 0.2) is 6.33 Å². The Morgan fingerprint density at radius 2 is 2.41 bits per heavy atom. The Bertz CT molecular complexity index is 829. The summed E-state index contributed by atoms with van der Waals surface area (Å²) in [5, 5.41) is 9.31. The average molecular weight is 331 g/mol. The number of carbonyl (C=O) groups is 1. The van der Waals surface area contributed by atoms with Gasteiger partial charge in [-0.2, -0.15) is 9.97 Å². The van der Waals surface area contributed by atoms with E-state index < -0.39 is 37.4 Å². The number of anilines is 1. The van der Waals surface area contributed by atoms with Gasteiger partial charge in [-0.1, -0.05) is 18.5 Å². The quantitative estimate of drug-likeness (QED) is 0.787. The molecule has 4 atom stereocenters. The van der Waals surface area contributed by atoms with Crippen molar-refractivity contribution in [2.45, 2.75) is 25.4 Å². The van der Waals surface area contributed by atoms with Gasteiger partial charge in [0.25, 0.3) is 0 Å². The predicted octanol–water partition coefficient (Wildman–Crippen LogP) is 0.695. The third-order valence-corrected chi connectivity index (χ3v) is 3.88. The van der Waals surface area contributed by atoms with Crippen LogP contribution in [0.2, 0.25) is 5.15 Å². The Hall–Kier alpha value is -1.97. The summed E-state index contributed by atoms with van der Waals surface area (Å²) >= 11 is 5.97. The Labute approximate surface area is 134 Å². The summed E-state index contributed by atoms with van der Waals surface area (Å²) in [7, 11) is -2.74. The molecule has 22 heavy (non-hydrogen) atoms. The van der Waals surface area contributed by atoms with E-state index in [2.05, 4.69) is 15.0 Å². The molecular formula is C12H14ClN5O4. The lowest BCUT2D eigenvalue weighted by molar-refractivity contribution is -0.153. The van der Waals surface area contributed by atoms with Crippen molar-refractivity contribution >= 4 is 34.7 Å². The molecule has 0 unspecified atom stereocenters. The number of fused-ring (bicyclic) bond motifs is 1. The van der Waals surface area contributed by atoms with Crippen molar-refractivity contribution in [3.63, 3.8) is 0 Å². The second kappa shape index (κ2) is 5.34. The molecule has 118 valence electrons. The molecule has 0 aliphatic carbocycles. The molecular weight excluding hydrogens is 314 g/mol. The van der Waals surface area contributed by atoms with Crippen molar-refractivity contribution < 1.29 is 23.5 Å². The number of carboxylic acid groups (broad SMARTS) is 1. The smallest absolute Gasteiger partial charge is 0.333 e. The highest BCUT2D eigenvalue weighted by Gasteiger charge is 2.47. The average Bonchev–Trinajstić information content (AvgIpc) is 3.00. The van der Waals surface area contributed by atoms with Crippen LogP contribution in [-0.2, 0) is 14.3 Å². The van der Waals surface area contributed by atoms with Gasteiger partial charge in [-0.3, -0.25) is 4.57 Å². The number of rotatable bonds is 3. The minimum Gasteiger partial charge on any atom is -0.479 e. The molecule has 2 aromatic rings. The highest BCUT2D eigenvalue weighted by Crippen LogP contribution is 2.37. The molecule has 1 aliphatic rings. The van der Waals surface area contributed by atoms with E-state index in [9.17, 15) is 9.90 Å². The molecule has 1 aliphatic heterocycles. The van der Waals surface area contributed by atoms with Gasteiger partial charge in [-0.05, 0) is 0 Å². The summed E-state index contributed by atoms with van der Waals surface area (Å²) in [5.41, 5.74) is 5.99. The van der Waals surface area contributed by atoms with E-state index in [1.54, 1.807) is 0 Å². The molecule has 0 spiro atoms. The van der Waals surface area contributed by atoms with Crippen molar-refractivity contribution in [3.8, 4) is 0 Å². The SMILES string of the molecule is [2H]C([2H])([2H])O[C@@H]1[C@H](C)[C@@H](C(=O)O)O[C@H]1n1cnc2c(Cl)nc(N)nc21. The Morgan fingerprint density at radius 1 is 1.64 bits per heavy atom. The Balaban J connectivity index is 2.08. The third kappa shape index (κ3) is 2.18. The van der Waals surface area contributed by atoms with E-state index in [0.29, 0.717) is 0 Å². The van der Waals surface area contributed by atoms with Gasteiger partial charge in [0.15, 0.2) is 23.1 Å². The first kappa shape index (κ1) is 11.6. The number of nitrogen functional groups attached to an aromatic ring is 1. The molecule has 3 rings (SSSR count). The van der Waals surface area contributed by atoms with E-state index in [-0.39, 0.29) is 22.3 Å². The lowest BCUT2D eigenvalue weighted by Gasteiger charge is -2.20. The lowest BCUT2D eigenvalue weighted by Crippen LogP contribution is -2.29. The molecule has 10 heteroatoms. The molecule has 3 heterocycles. The molecule has 0 bridgehead atoms. The number of nitrogens with two attached hydrogens (primary N) is 1. The molecule has 3 N–H and O–H groups in total. The van der Waals surface area contributed by atoms with E-state index in [1.165, 1.54) is 17.8 Å². The largest absolute Gasteiger partial charge is 0.479 e. The van der Waals surface area contributed by atoms with E-state index >= 15 is 0 Å². The van der Waals surface area contributed by atoms with Gasteiger partial charge in [-0.15, -0.1) is 0 Å². The fourth-order valence-electron chi connectivity index (χ4n) is 2.54. The molecule has 1 fully saturated rings. The molecule has 1 saturated heterocycles. The minimum absolute atomic E-state index is 0.00960. The predicted molar refractivity (Wildman–Crippen MR) is 76.3 cm³/mol. The van der Waals surface area contributed by atoms with Crippen molar-refractivity contribution in [1.29, 1.82) is 0 Å². The summed E-state index contributed by atoms with van der Waals surface area (Å²) in [5.74, 6) is -2.09. The number of nitrogens with zero attached hydrogens (tertiary/aromatic N) is 4. The second-order valence-electron chi connectivity index (χ2n) is 4.92. The van der Waals surface area contributed by atoms with Crippen LogP contribution in [-0.4, -0.2) is 49.8 Å². The van der Waals surface area contributed by atoms with Crippen molar-refractivity contribution in [1.82, 2.24) is 19.5 Å². The van der Waals surface area contributed by atoms with Gasteiger partial charge < -0.3 is 20.3 Å². The fraction of sp³-hybridized carbons (Fsp3) is 0.500. The fourth-order valence-corrected chi connectivity index (χ4v) is 2.76. The van der Waals surface area contributed by atoms with Crippen LogP contribution in [0.4, 0.5) is 5.95 Å². The van der Waals surface area contributed by atoms with Crippen LogP contribution in [0.25, 0.3) is 11.2 Å². The monoisotopic (exact) mass is 330 g/mol. The number of hydrogen-bond acceptors (Lipinski definition) is 7. The molecule has 0 aromatic carbocycles. The number of hydrogen-bond donors (Lipinski definition) is 2. The number of methoxy groups -OCH3 is 1. The zero-order chi connectivity index (χ0) is 18.5. The first-order valence-corrected chi connectivity index (χ1v) is 6.68. The number of aliphatic carboxylic acids is 1. The maximum absolute atomic E-state index is 11.4. The van der Waals surface area contributed by atoms with Gasteiger partial charge in [0.2, 0.25) is 5.95 Å². The number of aromatic nitrogens is 4. The van der Waals surface area contributed by atoms with Crippen molar-refractivity contribution in [2.24, 2.45) is 5.92 Å². The molecule has 0 amide bonds. The number of ether oxygens (including phenoxy) is 2. The Morgan fingerprint density at radius 3 is 3.09 bits per heavy atom. The first-order valence-electron chi connectivity index (χ1n) is 7.80. The second-order valence-corrected chi connectivity index (χ2v) is 5.28. The van der Waals surface area contributed by atoms with E-state index in [1.807, 2.05) is 0 Å². The summed E-state index contributed by atoms with van der Waals surface area (Å²) in [6, 6.07) is 0. The topological polar surface area (TPSA) is 125 Å². The normalized spacial score (nSPS) is 30.9. The van der Waals surface area contributed by atoms with Crippen LogP contribution in [0.5, 0.6) is 0 Å². The number of carboxylic acids is 1. The van der Waals surface area contributed by atoms with Gasteiger partial charge in [-0.25, -0.2) is 9.78 Å². The van der Waals surface area contributed by atoms with Crippen LogP contribution in [0, 0.1) is 5.92 Å². The van der Waals surface area contributed by atoms with Crippen LogP contribution >= 0.6 is 11.6 Å². The van der Waals surface area contributed by atoms with Gasteiger partial charge >= 0.3 is 5.97 Å². The maximum atomic E-state index is 11.4. The number of imidazole rings is 1. The maximum Gasteiger partial charge on any atom is 0.333 e. The van der Waals surface area contributed by atoms with Crippen LogP contribution < -0.4 is 5.73 Å². The zero-order valence-corrected chi connectivity index (χ0v) is 12.1. The van der Waals surface area contributed by atoms with Crippen molar-refractivity contribution in [2.75, 3.05) is 12.8 Å². The van der Waals surface area contributed by atoms with Gasteiger partial charge in [0, 0.05) is 13.0 Å². The van der Waals surface area contributed by atoms with Crippen LogP contribution in [0.1, 0.15) is 17.3 Å².